The van der Waals surface area contributed by atoms with E-state index in [0.717, 1.165) is 17.9 Å². The standard InChI is InChI=1S/C17H22N2/c1-18-16-8-4-3-7-14(16)12-15-11-10-13-6-2-5-9-17(13)19-15/h2,5-6,9-11,14,16,18H,3-4,7-8,12H2,1H3. The molecule has 19 heavy (non-hydrogen) atoms. The Labute approximate surface area is 115 Å². The summed E-state index contributed by atoms with van der Waals surface area (Å²) in [6, 6.07) is 13.4. The zero-order valence-electron chi connectivity index (χ0n) is 11.6. The minimum Gasteiger partial charge on any atom is -0.317 e. The van der Waals surface area contributed by atoms with Gasteiger partial charge in [-0.3, -0.25) is 4.98 Å². The van der Waals surface area contributed by atoms with Crippen LogP contribution in [0.4, 0.5) is 0 Å². The maximum Gasteiger partial charge on any atom is 0.0705 e. The number of aromatic nitrogens is 1. The first-order valence-corrected chi connectivity index (χ1v) is 7.39. The highest BCUT2D eigenvalue weighted by Crippen LogP contribution is 2.27. The first-order valence-electron chi connectivity index (χ1n) is 7.39. The van der Waals surface area contributed by atoms with Crippen LogP contribution in [0, 0.1) is 5.92 Å². The van der Waals surface area contributed by atoms with E-state index in [1.165, 1.54) is 36.8 Å². The molecular formula is C17H22N2. The van der Waals surface area contributed by atoms with Crippen molar-refractivity contribution in [1.29, 1.82) is 0 Å². The number of fused-ring (bicyclic) bond motifs is 1. The topological polar surface area (TPSA) is 24.9 Å². The second kappa shape index (κ2) is 5.70. The molecule has 1 aromatic heterocycles. The van der Waals surface area contributed by atoms with Gasteiger partial charge in [0.05, 0.1) is 5.52 Å². The Kier molecular flexibility index (Phi) is 3.79. The molecule has 0 bridgehead atoms. The molecule has 0 aliphatic heterocycles. The number of benzene rings is 1. The number of nitrogens with zero attached hydrogens (tertiary/aromatic N) is 1. The Morgan fingerprint density at radius 1 is 1.11 bits per heavy atom. The van der Waals surface area contributed by atoms with Crippen LogP contribution in [0.5, 0.6) is 0 Å². The zero-order chi connectivity index (χ0) is 13.1. The molecule has 2 nitrogen and oxygen atoms in total. The fourth-order valence-corrected chi connectivity index (χ4v) is 3.32. The van der Waals surface area contributed by atoms with Crippen LogP contribution in [0.1, 0.15) is 31.4 Å². The van der Waals surface area contributed by atoms with Crippen LogP contribution < -0.4 is 5.32 Å². The van der Waals surface area contributed by atoms with E-state index in [2.05, 4.69) is 48.8 Å². The van der Waals surface area contributed by atoms with Crippen molar-refractivity contribution in [2.45, 2.75) is 38.1 Å². The van der Waals surface area contributed by atoms with Crippen molar-refractivity contribution in [3.8, 4) is 0 Å². The smallest absolute Gasteiger partial charge is 0.0705 e. The van der Waals surface area contributed by atoms with Gasteiger partial charge >= 0.3 is 0 Å². The molecule has 1 aliphatic carbocycles. The molecule has 2 heteroatoms. The Morgan fingerprint density at radius 2 is 1.95 bits per heavy atom. The SMILES string of the molecule is CNC1CCCCC1Cc1ccc2ccccc2n1. The maximum atomic E-state index is 4.81. The lowest BCUT2D eigenvalue weighted by Gasteiger charge is -2.31. The van der Waals surface area contributed by atoms with Crippen molar-refractivity contribution in [2.75, 3.05) is 7.05 Å². The summed E-state index contributed by atoms with van der Waals surface area (Å²) in [5.41, 5.74) is 2.36. The number of para-hydroxylation sites is 1. The molecular weight excluding hydrogens is 232 g/mol. The van der Waals surface area contributed by atoms with Gasteiger partial charge in [-0.1, -0.05) is 37.1 Å². The second-order valence-corrected chi connectivity index (χ2v) is 5.64. The Bertz CT molecular complexity index is 550. The summed E-state index contributed by atoms with van der Waals surface area (Å²) in [4.78, 5) is 4.81. The van der Waals surface area contributed by atoms with E-state index < -0.39 is 0 Å². The average molecular weight is 254 g/mol. The van der Waals surface area contributed by atoms with Gasteiger partial charge in [-0.15, -0.1) is 0 Å². The highest BCUT2D eigenvalue weighted by Gasteiger charge is 2.24. The summed E-state index contributed by atoms with van der Waals surface area (Å²) in [7, 11) is 2.09. The van der Waals surface area contributed by atoms with E-state index in [9.17, 15) is 0 Å². The number of hydrogen-bond acceptors (Lipinski definition) is 2. The van der Waals surface area contributed by atoms with Gasteiger partial charge in [-0.05, 0) is 44.4 Å². The van der Waals surface area contributed by atoms with E-state index in [1.54, 1.807) is 0 Å². The Morgan fingerprint density at radius 3 is 2.84 bits per heavy atom. The number of pyridine rings is 1. The van der Waals surface area contributed by atoms with E-state index >= 15 is 0 Å². The number of rotatable bonds is 3. The van der Waals surface area contributed by atoms with Crippen molar-refractivity contribution in [3.63, 3.8) is 0 Å². The lowest BCUT2D eigenvalue weighted by Crippen LogP contribution is -2.37. The highest BCUT2D eigenvalue weighted by molar-refractivity contribution is 5.78. The third kappa shape index (κ3) is 2.79. The van der Waals surface area contributed by atoms with Gasteiger partial charge in [0.15, 0.2) is 0 Å². The molecule has 1 fully saturated rings. The number of nitrogens with one attached hydrogen (secondary N) is 1. The predicted molar refractivity (Wildman–Crippen MR) is 80.3 cm³/mol. The highest BCUT2D eigenvalue weighted by atomic mass is 14.9. The van der Waals surface area contributed by atoms with Crippen LogP contribution in [0.3, 0.4) is 0 Å². The lowest BCUT2D eigenvalue weighted by atomic mass is 9.81. The predicted octanol–water partition coefficient (Wildman–Crippen LogP) is 3.56. The Hall–Kier alpha value is -1.41. The van der Waals surface area contributed by atoms with Gasteiger partial charge in [0.1, 0.15) is 0 Å². The molecule has 100 valence electrons. The van der Waals surface area contributed by atoms with E-state index in [-0.39, 0.29) is 0 Å². The lowest BCUT2D eigenvalue weighted by molar-refractivity contribution is 0.271. The molecule has 1 aliphatic rings. The Balaban J connectivity index is 1.80. The summed E-state index contributed by atoms with van der Waals surface area (Å²) >= 11 is 0. The molecule has 0 saturated heterocycles. The maximum absolute atomic E-state index is 4.81. The molecule has 1 saturated carbocycles. The second-order valence-electron chi connectivity index (χ2n) is 5.64. The van der Waals surface area contributed by atoms with Gasteiger partial charge in [0, 0.05) is 17.1 Å². The molecule has 1 N–H and O–H groups in total. The summed E-state index contributed by atoms with van der Waals surface area (Å²) < 4.78 is 0. The first kappa shape index (κ1) is 12.6. The molecule has 0 amide bonds. The van der Waals surface area contributed by atoms with Gasteiger partial charge < -0.3 is 5.32 Å². The van der Waals surface area contributed by atoms with Crippen LogP contribution in [0.2, 0.25) is 0 Å². The van der Waals surface area contributed by atoms with Crippen LogP contribution in [0.15, 0.2) is 36.4 Å². The summed E-state index contributed by atoms with van der Waals surface area (Å²) in [6.45, 7) is 0. The summed E-state index contributed by atoms with van der Waals surface area (Å²) in [6.07, 6.45) is 6.49. The van der Waals surface area contributed by atoms with Gasteiger partial charge in [0.25, 0.3) is 0 Å². The van der Waals surface area contributed by atoms with Crippen molar-refractivity contribution in [3.05, 3.63) is 42.1 Å². The van der Waals surface area contributed by atoms with Crippen molar-refractivity contribution in [2.24, 2.45) is 5.92 Å². The van der Waals surface area contributed by atoms with Crippen LogP contribution in [0.25, 0.3) is 10.9 Å². The third-order valence-electron chi connectivity index (χ3n) is 4.41. The molecule has 3 rings (SSSR count). The summed E-state index contributed by atoms with van der Waals surface area (Å²) in [5.74, 6) is 0.743. The monoisotopic (exact) mass is 254 g/mol. The molecule has 1 heterocycles. The van der Waals surface area contributed by atoms with Gasteiger partial charge in [-0.2, -0.15) is 0 Å². The van der Waals surface area contributed by atoms with E-state index in [4.69, 9.17) is 4.98 Å². The first-order chi connectivity index (χ1) is 9.36. The molecule has 1 aromatic carbocycles. The molecule has 0 radical (unpaired) electrons. The van der Waals surface area contributed by atoms with Crippen molar-refractivity contribution < 1.29 is 0 Å². The average Bonchev–Trinajstić information content (AvgIpc) is 2.48. The van der Waals surface area contributed by atoms with Crippen LogP contribution >= 0.6 is 0 Å². The largest absolute Gasteiger partial charge is 0.317 e. The minimum atomic E-state index is 0.669. The van der Waals surface area contributed by atoms with Crippen molar-refractivity contribution in [1.82, 2.24) is 10.3 Å². The number of hydrogen-bond donors (Lipinski definition) is 1. The van der Waals surface area contributed by atoms with Crippen LogP contribution in [-0.4, -0.2) is 18.1 Å². The molecule has 2 aromatic rings. The zero-order valence-corrected chi connectivity index (χ0v) is 11.6. The third-order valence-corrected chi connectivity index (χ3v) is 4.41. The normalized spacial score (nSPS) is 23.6. The minimum absolute atomic E-state index is 0.669. The van der Waals surface area contributed by atoms with E-state index in [0.29, 0.717) is 6.04 Å². The van der Waals surface area contributed by atoms with Gasteiger partial charge in [0.2, 0.25) is 0 Å². The molecule has 2 unspecified atom stereocenters. The van der Waals surface area contributed by atoms with Crippen molar-refractivity contribution >= 4 is 10.9 Å². The fraction of sp³-hybridized carbons (Fsp3) is 0.471. The van der Waals surface area contributed by atoms with Crippen LogP contribution in [-0.2, 0) is 6.42 Å². The molecule has 2 atom stereocenters. The van der Waals surface area contributed by atoms with Gasteiger partial charge in [-0.25, -0.2) is 0 Å². The molecule has 0 spiro atoms. The quantitative estimate of drug-likeness (QED) is 0.906. The van der Waals surface area contributed by atoms with E-state index in [1.807, 2.05) is 0 Å². The summed E-state index contributed by atoms with van der Waals surface area (Å²) in [5, 5.41) is 4.72. The fourth-order valence-electron chi connectivity index (χ4n) is 3.32.